The maximum Gasteiger partial charge on any atom is 0.303 e. The Hall–Kier alpha value is -0.570. The lowest BCUT2D eigenvalue weighted by atomic mass is 9.44. The molecule has 4 rings (SSSR count). The summed E-state index contributed by atoms with van der Waals surface area (Å²) in [6.07, 6.45) is 10.3. The minimum absolute atomic E-state index is 0.112. The summed E-state index contributed by atoms with van der Waals surface area (Å²) in [5.41, 5.74) is 0.456. The van der Waals surface area contributed by atoms with Crippen LogP contribution in [0.2, 0.25) is 0 Å². The van der Waals surface area contributed by atoms with Gasteiger partial charge in [-0.05, 0) is 81.0 Å². The van der Waals surface area contributed by atoms with Crippen molar-refractivity contribution < 1.29 is 14.3 Å². The normalized spacial score (nSPS) is 53.7. The van der Waals surface area contributed by atoms with E-state index in [0.717, 1.165) is 18.9 Å². The van der Waals surface area contributed by atoms with E-state index in [4.69, 9.17) is 9.47 Å². The van der Waals surface area contributed by atoms with Crippen LogP contribution in [0.1, 0.15) is 79.1 Å². The molecule has 3 heteroatoms. The zero-order valence-electron chi connectivity index (χ0n) is 15.9. The van der Waals surface area contributed by atoms with Gasteiger partial charge in [-0.3, -0.25) is 4.79 Å². The molecule has 0 aromatic heterocycles. The van der Waals surface area contributed by atoms with Crippen LogP contribution in [0.25, 0.3) is 0 Å². The predicted molar refractivity (Wildman–Crippen MR) is 93.5 cm³/mol. The molecule has 3 nitrogen and oxygen atoms in total. The first-order valence-corrected chi connectivity index (χ1v) is 10.1. The molecular weight excluding hydrogens is 300 g/mol. The van der Waals surface area contributed by atoms with Crippen molar-refractivity contribution >= 4 is 5.97 Å². The minimum atomic E-state index is -0.263. The highest BCUT2D eigenvalue weighted by Crippen LogP contribution is 2.65. The van der Waals surface area contributed by atoms with Crippen LogP contribution in [0.3, 0.4) is 0 Å². The van der Waals surface area contributed by atoms with Gasteiger partial charge in [0.25, 0.3) is 0 Å². The molecule has 1 saturated heterocycles. The van der Waals surface area contributed by atoms with Crippen molar-refractivity contribution in [1.29, 1.82) is 0 Å². The second-order valence-electron chi connectivity index (χ2n) is 9.90. The van der Waals surface area contributed by atoms with Crippen molar-refractivity contribution in [2.24, 2.45) is 28.6 Å². The van der Waals surface area contributed by atoms with Gasteiger partial charge in [-0.25, -0.2) is 0 Å². The van der Waals surface area contributed by atoms with E-state index in [-0.39, 0.29) is 11.6 Å². The van der Waals surface area contributed by atoms with Crippen molar-refractivity contribution in [3.63, 3.8) is 0 Å². The number of carbonyl (C=O) groups is 1. The van der Waals surface area contributed by atoms with E-state index < -0.39 is 0 Å². The summed E-state index contributed by atoms with van der Waals surface area (Å²) in [6, 6.07) is 0. The van der Waals surface area contributed by atoms with Gasteiger partial charge in [0.15, 0.2) is 0 Å². The zero-order chi connectivity index (χ0) is 17.2. The monoisotopic (exact) mass is 334 g/mol. The van der Waals surface area contributed by atoms with Crippen molar-refractivity contribution in [2.45, 2.75) is 90.8 Å². The SMILES string of the molecule is CC(=O)O[C@]1(C)CCC[C@@]2(C)C1CC[C@@H]1[C@H]3OCC[C@@]3(C)CC[C@@H]12. The van der Waals surface area contributed by atoms with Gasteiger partial charge in [-0.2, -0.15) is 0 Å². The number of carbonyl (C=O) groups excluding carboxylic acids is 1. The highest BCUT2D eigenvalue weighted by molar-refractivity contribution is 5.66. The lowest BCUT2D eigenvalue weighted by molar-refractivity contribution is -0.206. The van der Waals surface area contributed by atoms with Crippen molar-refractivity contribution in [1.82, 2.24) is 0 Å². The molecule has 0 spiro atoms. The highest BCUT2D eigenvalue weighted by atomic mass is 16.6. The largest absolute Gasteiger partial charge is 0.459 e. The summed E-state index contributed by atoms with van der Waals surface area (Å²) in [5.74, 6) is 1.85. The number of ether oxygens (including phenoxy) is 2. The summed E-state index contributed by atoms with van der Waals surface area (Å²) in [6.45, 7) is 9.69. The van der Waals surface area contributed by atoms with Crippen LogP contribution >= 0.6 is 0 Å². The predicted octanol–water partition coefficient (Wildman–Crippen LogP) is 4.73. The molecule has 0 aromatic rings. The fraction of sp³-hybridized carbons (Fsp3) is 0.952. The molecule has 136 valence electrons. The average Bonchev–Trinajstić information content (AvgIpc) is 2.87. The molecular formula is C21H34O3. The topological polar surface area (TPSA) is 35.5 Å². The molecule has 1 aliphatic heterocycles. The first-order chi connectivity index (χ1) is 11.3. The fourth-order valence-corrected chi connectivity index (χ4v) is 7.51. The molecule has 0 radical (unpaired) electrons. The molecule has 0 N–H and O–H groups in total. The van der Waals surface area contributed by atoms with Crippen LogP contribution in [-0.4, -0.2) is 24.3 Å². The van der Waals surface area contributed by atoms with E-state index in [1.54, 1.807) is 6.92 Å². The smallest absolute Gasteiger partial charge is 0.303 e. The first kappa shape index (κ1) is 16.9. The third-order valence-corrected chi connectivity index (χ3v) is 8.52. The molecule has 4 fully saturated rings. The Kier molecular flexibility index (Phi) is 3.84. The van der Waals surface area contributed by atoms with E-state index in [2.05, 4.69) is 20.8 Å². The van der Waals surface area contributed by atoms with E-state index in [1.165, 1.54) is 44.9 Å². The van der Waals surface area contributed by atoms with E-state index in [0.29, 0.717) is 28.8 Å². The second-order valence-corrected chi connectivity index (χ2v) is 9.90. The Balaban J connectivity index is 1.64. The number of fused-ring (bicyclic) bond motifs is 5. The lowest BCUT2D eigenvalue weighted by Crippen LogP contribution is -2.60. The van der Waals surface area contributed by atoms with Gasteiger partial charge in [0.05, 0.1) is 6.10 Å². The highest BCUT2D eigenvalue weighted by Gasteiger charge is 2.62. The molecule has 0 aromatic carbocycles. The molecule has 0 amide bonds. The van der Waals surface area contributed by atoms with Crippen LogP contribution in [0, 0.1) is 28.6 Å². The van der Waals surface area contributed by atoms with Gasteiger partial charge in [0.1, 0.15) is 5.60 Å². The zero-order valence-corrected chi connectivity index (χ0v) is 15.9. The summed E-state index contributed by atoms with van der Waals surface area (Å²) in [4.78, 5) is 11.7. The van der Waals surface area contributed by atoms with Gasteiger partial charge < -0.3 is 9.47 Å². The quantitative estimate of drug-likeness (QED) is 0.650. The molecule has 4 aliphatic rings. The molecule has 24 heavy (non-hydrogen) atoms. The van der Waals surface area contributed by atoms with E-state index in [1.807, 2.05) is 0 Å². The van der Waals surface area contributed by atoms with E-state index in [9.17, 15) is 4.79 Å². The average molecular weight is 335 g/mol. The molecule has 7 atom stereocenters. The summed E-state index contributed by atoms with van der Waals surface area (Å²) >= 11 is 0. The standard InChI is InChI=1S/C21H34O3/c1-14(22)24-21(4)10-5-9-20(3)16-8-11-19(2)12-13-23-18(19)15(16)6-7-17(20)21/h15-18H,5-13H2,1-4H3/t15-,16-,17?,18+,19+,20+,21+/m0/s1. The summed E-state index contributed by atoms with van der Waals surface area (Å²) < 4.78 is 12.2. The Morgan fingerprint density at radius 2 is 1.83 bits per heavy atom. The number of hydrogen-bond donors (Lipinski definition) is 0. The maximum absolute atomic E-state index is 11.7. The van der Waals surface area contributed by atoms with Crippen LogP contribution in [0.4, 0.5) is 0 Å². The molecule has 3 aliphatic carbocycles. The first-order valence-electron chi connectivity index (χ1n) is 10.1. The summed E-state index contributed by atoms with van der Waals surface area (Å²) in [7, 11) is 0. The van der Waals surface area contributed by atoms with Gasteiger partial charge in [0, 0.05) is 19.4 Å². The third kappa shape index (κ3) is 2.29. The van der Waals surface area contributed by atoms with Gasteiger partial charge in [-0.15, -0.1) is 0 Å². The van der Waals surface area contributed by atoms with Crippen LogP contribution in [0.5, 0.6) is 0 Å². The Morgan fingerprint density at radius 3 is 2.58 bits per heavy atom. The molecule has 3 saturated carbocycles. The van der Waals surface area contributed by atoms with Crippen molar-refractivity contribution in [3.8, 4) is 0 Å². The maximum atomic E-state index is 11.7. The number of esters is 1. The summed E-state index contributed by atoms with van der Waals surface area (Å²) in [5, 5.41) is 0. The molecule has 1 heterocycles. The lowest BCUT2D eigenvalue weighted by Gasteiger charge is -2.62. The Bertz CT molecular complexity index is 531. The number of rotatable bonds is 1. The third-order valence-electron chi connectivity index (χ3n) is 8.52. The van der Waals surface area contributed by atoms with Crippen LogP contribution in [0.15, 0.2) is 0 Å². The van der Waals surface area contributed by atoms with Crippen LogP contribution < -0.4 is 0 Å². The number of hydrogen-bond acceptors (Lipinski definition) is 3. The van der Waals surface area contributed by atoms with Gasteiger partial charge in [-0.1, -0.05) is 13.8 Å². The Morgan fingerprint density at radius 1 is 1.04 bits per heavy atom. The molecule has 0 bridgehead atoms. The minimum Gasteiger partial charge on any atom is -0.459 e. The van der Waals surface area contributed by atoms with Crippen molar-refractivity contribution in [2.75, 3.05) is 6.61 Å². The Labute approximate surface area is 146 Å². The second kappa shape index (κ2) is 5.46. The molecule has 1 unspecified atom stereocenters. The fourth-order valence-electron chi connectivity index (χ4n) is 7.51. The van der Waals surface area contributed by atoms with Gasteiger partial charge >= 0.3 is 5.97 Å². The van der Waals surface area contributed by atoms with Gasteiger partial charge in [0.2, 0.25) is 0 Å². The van der Waals surface area contributed by atoms with Crippen molar-refractivity contribution in [3.05, 3.63) is 0 Å². The van der Waals surface area contributed by atoms with Crippen LogP contribution in [-0.2, 0) is 14.3 Å². The van der Waals surface area contributed by atoms with E-state index >= 15 is 0 Å².